The lowest BCUT2D eigenvalue weighted by Crippen LogP contribution is -2.38. The molecule has 0 spiro atoms. The van der Waals surface area contributed by atoms with Crippen LogP contribution in [-0.2, 0) is 6.54 Å². The third kappa shape index (κ3) is 2.62. The number of carbonyl (C=O) groups is 1. The largest absolute Gasteiger partial charge is 0.478 e. The molecule has 2 saturated heterocycles. The van der Waals surface area contributed by atoms with E-state index in [4.69, 9.17) is 5.11 Å². The topological polar surface area (TPSA) is 65.5 Å². The summed E-state index contributed by atoms with van der Waals surface area (Å²) in [7, 11) is 0. The first-order chi connectivity index (χ1) is 9.24. The van der Waals surface area contributed by atoms with Crippen molar-refractivity contribution in [2.24, 2.45) is 0 Å². The van der Waals surface area contributed by atoms with Gasteiger partial charge in [0.1, 0.15) is 0 Å². The summed E-state index contributed by atoms with van der Waals surface area (Å²) >= 11 is 0. The van der Waals surface area contributed by atoms with Crippen LogP contribution in [0.3, 0.4) is 0 Å². The van der Waals surface area contributed by atoms with E-state index in [1.54, 1.807) is 12.1 Å². The van der Waals surface area contributed by atoms with Gasteiger partial charge in [-0.1, -0.05) is 0 Å². The van der Waals surface area contributed by atoms with E-state index in [0.29, 0.717) is 12.1 Å². The van der Waals surface area contributed by atoms with Gasteiger partial charge in [-0.2, -0.15) is 0 Å². The molecule has 1 aromatic heterocycles. The predicted molar refractivity (Wildman–Crippen MR) is 71.0 cm³/mol. The molecule has 0 radical (unpaired) electrons. The molecule has 2 unspecified atom stereocenters. The van der Waals surface area contributed by atoms with E-state index in [-0.39, 0.29) is 5.56 Å². The molecule has 0 amide bonds. The molecule has 0 bridgehead atoms. The van der Waals surface area contributed by atoms with E-state index >= 15 is 0 Å². The molecule has 3 heterocycles. The first-order valence-electron chi connectivity index (χ1n) is 6.90. The molecule has 5 nitrogen and oxygen atoms in total. The van der Waals surface area contributed by atoms with E-state index < -0.39 is 5.97 Å². The Labute approximate surface area is 112 Å². The van der Waals surface area contributed by atoms with E-state index in [9.17, 15) is 4.79 Å². The van der Waals surface area contributed by atoms with Crippen molar-refractivity contribution in [3.8, 4) is 0 Å². The number of nitrogens with one attached hydrogen (secondary N) is 1. The van der Waals surface area contributed by atoms with Crippen LogP contribution in [-0.4, -0.2) is 46.1 Å². The number of nitrogens with zero attached hydrogens (tertiary/aromatic N) is 2. The molecule has 3 rings (SSSR count). The second-order valence-corrected chi connectivity index (χ2v) is 5.36. The van der Waals surface area contributed by atoms with Gasteiger partial charge in [-0.15, -0.1) is 0 Å². The molecule has 2 N–H and O–H groups in total. The van der Waals surface area contributed by atoms with Crippen molar-refractivity contribution >= 4 is 5.97 Å². The molecular formula is C14H19N3O2. The van der Waals surface area contributed by atoms with Crippen LogP contribution < -0.4 is 5.32 Å². The maximum atomic E-state index is 10.7. The zero-order valence-corrected chi connectivity index (χ0v) is 10.9. The normalized spacial score (nSPS) is 26.5. The van der Waals surface area contributed by atoms with E-state index in [1.165, 1.54) is 38.5 Å². The van der Waals surface area contributed by atoms with Crippen molar-refractivity contribution in [2.45, 2.75) is 37.9 Å². The average molecular weight is 261 g/mol. The summed E-state index contributed by atoms with van der Waals surface area (Å²) in [5.74, 6) is -0.926. The second kappa shape index (κ2) is 5.27. The highest BCUT2D eigenvalue weighted by Gasteiger charge is 2.36. The zero-order valence-electron chi connectivity index (χ0n) is 10.9. The van der Waals surface area contributed by atoms with Crippen molar-refractivity contribution in [3.63, 3.8) is 0 Å². The maximum absolute atomic E-state index is 10.7. The lowest BCUT2D eigenvalue weighted by atomic mass is 10.1. The minimum absolute atomic E-state index is 0.242. The van der Waals surface area contributed by atoms with Gasteiger partial charge in [0.2, 0.25) is 0 Å². The molecule has 1 aromatic rings. The summed E-state index contributed by atoms with van der Waals surface area (Å²) in [4.78, 5) is 17.5. The lowest BCUT2D eigenvalue weighted by molar-refractivity contribution is 0.0696. The third-order valence-electron chi connectivity index (χ3n) is 4.22. The van der Waals surface area contributed by atoms with Gasteiger partial charge in [0, 0.05) is 31.4 Å². The molecule has 2 fully saturated rings. The zero-order chi connectivity index (χ0) is 13.2. The van der Waals surface area contributed by atoms with E-state index in [2.05, 4.69) is 15.2 Å². The minimum atomic E-state index is -0.926. The predicted octanol–water partition coefficient (Wildman–Crippen LogP) is 1.11. The molecule has 2 aliphatic rings. The molecule has 2 atom stereocenters. The van der Waals surface area contributed by atoms with Crippen molar-refractivity contribution in [3.05, 3.63) is 29.6 Å². The molecule has 5 heteroatoms. The summed E-state index contributed by atoms with van der Waals surface area (Å²) in [6, 6.07) is 4.66. The van der Waals surface area contributed by atoms with E-state index in [0.717, 1.165) is 12.2 Å². The van der Waals surface area contributed by atoms with Crippen molar-refractivity contribution < 1.29 is 9.90 Å². The highest BCUT2D eigenvalue weighted by Crippen LogP contribution is 2.27. The molecule has 0 saturated carbocycles. The number of rotatable bonds is 4. The summed E-state index contributed by atoms with van der Waals surface area (Å²) < 4.78 is 0. The van der Waals surface area contributed by atoms with Gasteiger partial charge in [-0.3, -0.25) is 9.88 Å². The summed E-state index contributed by atoms with van der Waals surface area (Å²) in [6.45, 7) is 3.16. The first kappa shape index (κ1) is 12.6. The Morgan fingerprint density at radius 2 is 2.32 bits per heavy atom. The highest BCUT2D eigenvalue weighted by molar-refractivity contribution is 5.87. The van der Waals surface area contributed by atoms with Gasteiger partial charge in [0.15, 0.2) is 0 Å². The van der Waals surface area contributed by atoms with Gasteiger partial charge < -0.3 is 10.4 Å². The van der Waals surface area contributed by atoms with Crippen LogP contribution in [0.1, 0.15) is 35.3 Å². The van der Waals surface area contributed by atoms with Gasteiger partial charge >= 0.3 is 5.97 Å². The molecule has 0 aliphatic carbocycles. The summed E-state index contributed by atoms with van der Waals surface area (Å²) in [5.41, 5.74) is 1.15. The number of hydrogen-bond acceptors (Lipinski definition) is 4. The lowest BCUT2D eigenvalue weighted by Gasteiger charge is -2.21. The number of carboxylic acids is 1. The van der Waals surface area contributed by atoms with Crippen molar-refractivity contribution in [1.29, 1.82) is 0 Å². The molecule has 19 heavy (non-hydrogen) atoms. The Morgan fingerprint density at radius 1 is 1.42 bits per heavy atom. The summed E-state index contributed by atoms with van der Waals surface area (Å²) in [6.07, 6.45) is 5.24. The number of hydrogen-bond donors (Lipinski definition) is 2. The number of aromatic nitrogens is 1. The molecule has 0 aromatic carbocycles. The molecular weight excluding hydrogens is 242 g/mol. The minimum Gasteiger partial charge on any atom is -0.478 e. The Bertz CT molecular complexity index is 460. The van der Waals surface area contributed by atoms with Crippen molar-refractivity contribution in [1.82, 2.24) is 15.2 Å². The summed E-state index contributed by atoms with van der Waals surface area (Å²) in [5, 5.41) is 12.4. The smallest absolute Gasteiger partial charge is 0.337 e. The molecule has 2 aliphatic heterocycles. The van der Waals surface area contributed by atoms with Gasteiger partial charge in [0.25, 0.3) is 0 Å². The van der Waals surface area contributed by atoms with Crippen LogP contribution in [0.2, 0.25) is 0 Å². The number of aromatic carboxylic acids is 1. The Balaban J connectivity index is 1.56. The average Bonchev–Trinajstić information content (AvgIpc) is 3.00. The quantitative estimate of drug-likeness (QED) is 0.850. The standard InChI is InChI=1S/C14H19N3O2/c18-14(19)10-3-4-11(15-8-10)9-16-12-5-7-17-6-1-2-13(12)17/h3-4,8,12-13,16H,1-2,5-7,9H2,(H,18,19). The second-order valence-electron chi connectivity index (χ2n) is 5.36. The Morgan fingerprint density at radius 3 is 3.05 bits per heavy atom. The molecule has 102 valence electrons. The fourth-order valence-corrected chi connectivity index (χ4v) is 3.21. The van der Waals surface area contributed by atoms with E-state index in [1.807, 2.05) is 0 Å². The van der Waals surface area contributed by atoms with Crippen molar-refractivity contribution in [2.75, 3.05) is 13.1 Å². The highest BCUT2D eigenvalue weighted by atomic mass is 16.4. The Kier molecular flexibility index (Phi) is 3.48. The van der Waals surface area contributed by atoms with Gasteiger partial charge in [0.05, 0.1) is 11.3 Å². The van der Waals surface area contributed by atoms with Crippen LogP contribution >= 0.6 is 0 Å². The number of pyridine rings is 1. The van der Waals surface area contributed by atoms with Crippen LogP contribution in [0.5, 0.6) is 0 Å². The Hall–Kier alpha value is -1.46. The third-order valence-corrected chi connectivity index (χ3v) is 4.22. The first-order valence-corrected chi connectivity index (χ1v) is 6.90. The monoisotopic (exact) mass is 261 g/mol. The SMILES string of the molecule is O=C(O)c1ccc(CNC2CCN3CCCC23)nc1. The van der Waals surface area contributed by atoms with Crippen LogP contribution in [0, 0.1) is 0 Å². The van der Waals surface area contributed by atoms with Crippen LogP contribution in [0.15, 0.2) is 18.3 Å². The van der Waals surface area contributed by atoms with Gasteiger partial charge in [-0.25, -0.2) is 4.79 Å². The fraction of sp³-hybridized carbons (Fsp3) is 0.571. The van der Waals surface area contributed by atoms with Gasteiger partial charge in [-0.05, 0) is 37.9 Å². The maximum Gasteiger partial charge on any atom is 0.337 e. The van der Waals surface area contributed by atoms with Crippen LogP contribution in [0.25, 0.3) is 0 Å². The number of carboxylic acid groups (broad SMARTS) is 1. The number of fused-ring (bicyclic) bond motifs is 1. The fourth-order valence-electron chi connectivity index (χ4n) is 3.21. The van der Waals surface area contributed by atoms with Crippen LogP contribution in [0.4, 0.5) is 0 Å².